The van der Waals surface area contributed by atoms with Crippen LogP contribution in [0.25, 0.3) is 0 Å². The predicted octanol–water partition coefficient (Wildman–Crippen LogP) is 0.127. The highest BCUT2D eigenvalue weighted by molar-refractivity contribution is 6.00. The van der Waals surface area contributed by atoms with E-state index in [2.05, 4.69) is 15.6 Å². The number of carbonyl (C=O) groups is 1. The summed E-state index contributed by atoms with van der Waals surface area (Å²) < 4.78 is 0. The van der Waals surface area contributed by atoms with E-state index in [0.717, 1.165) is 5.82 Å². The van der Waals surface area contributed by atoms with E-state index in [1.165, 1.54) is 0 Å². The fraction of sp³-hybridized carbons (Fsp3) is 0.167. The Morgan fingerprint density at radius 3 is 3.10 bits per heavy atom. The van der Waals surface area contributed by atoms with Crippen LogP contribution in [0.2, 0.25) is 0 Å². The first kappa shape index (κ1) is 5.34. The maximum Gasteiger partial charge on any atom is 0.256 e. The van der Waals surface area contributed by atoms with E-state index >= 15 is 0 Å². The van der Waals surface area contributed by atoms with E-state index < -0.39 is 0 Å². The molecule has 52 valence electrons. The Morgan fingerprint density at radius 1 is 1.40 bits per heavy atom. The number of rotatable bonds is 0. The Morgan fingerprint density at radius 2 is 2.30 bits per heavy atom. The second kappa shape index (κ2) is 1.76. The molecular weight excluding hydrogens is 130 g/mol. The van der Waals surface area contributed by atoms with Crippen molar-refractivity contribution in [2.75, 3.05) is 12.0 Å². The van der Waals surface area contributed by atoms with Gasteiger partial charge in [-0.25, -0.2) is 0 Å². The van der Waals surface area contributed by atoms with Crippen molar-refractivity contribution in [2.45, 2.75) is 0 Å². The smallest absolute Gasteiger partial charge is 0.256 e. The molecule has 0 unspecified atom stereocenters. The summed E-state index contributed by atoms with van der Waals surface area (Å²) in [6, 6.07) is 1.75. The Kier molecular flexibility index (Phi) is 0.943. The van der Waals surface area contributed by atoms with E-state index in [9.17, 15) is 4.79 Å². The van der Waals surface area contributed by atoms with E-state index in [-0.39, 0.29) is 5.91 Å². The zero-order valence-electron chi connectivity index (χ0n) is 5.27. The zero-order chi connectivity index (χ0) is 6.97. The maximum atomic E-state index is 11.0. The fourth-order valence-electron chi connectivity index (χ4n) is 1.01. The number of hydrogen-bond donors (Lipinski definition) is 3. The van der Waals surface area contributed by atoms with Gasteiger partial charge in [-0.1, -0.05) is 0 Å². The van der Waals surface area contributed by atoms with E-state index in [1.54, 1.807) is 12.3 Å². The molecule has 1 aliphatic rings. The summed E-state index contributed by atoms with van der Waals surface area (Å²) in [7, 11) is 0. The van der Waals surface area contributed by atoms with Crippen molar-refractivity contribution in [1.29, 1.82) is 0 Å². The third-order valence-corrected chi connectivity index (χ3v) is 1.51. The van der Waals surface area contributed by atoms with Gasteiger partial charge < -0.3 is 15.6 Å². The number of fused-ring (bicyclic) bond motifs is 1. The highest BCUT2D eigenvalue weighted by atomic mass is 16.1. The predicted molar refractivity (Wildman–Crippen MR) is 36.7 cm³/mol. The van der Waals surface area contributed by atoms with Crippen molar-refractivity contribution >= 4 is 11.7 Å². The number of H-pyrrole nitrogens is 1. The molecule has 2 rings (SSSR count). The van der Waals surface area contributed by atoms with Crippen LogP contribution in [0.5, 0.6) is 0 Å². The Balaban J connectivity index is 2.50. The number of aromatic amines is 1. The molecule has 0 aromatic carbocycles. The van der Waals surface area contributed by atoms with Gasteiger partial charge in [0, 0.05) is 6.20 Å². The molecule has 1 amide bonds. The van der Waals surface area contributed by atoms with Crippen LogP contribution in [0.3, 0.4) is 0 Å². The number of amides is 1. The molecule has 0 atom stereocenters. The molecule has 0 saturated carbocycles. The molecular formula is C6H7N3O. The van der Waals surface area contributed by atoms with Gasteiger partial charge in [0.25, 0.3) is 5.91 Å². The molecule has 0 aliphatic carbocycles. The van der Waals surface area contributed by atoms with Crippen LogP contribution in [0.1, 0.15) is 10.4 Å². The molecule has 0 radical (unpaired) electrons. The van der Waals surface area contributed by atoms with Gasteiger partial charge in [0.2, 0.25) is 0 Å². The molecule has 3 N–H and O–H groups in total. The molecule has 0 bridgehead atoms. The summed E-state index contributed by atoms with van der Waals surface area (Å²) >= 11 is 0. The molecule has 1 aromatic heterocycles. The third kappa shape index (κ3) is 0.586. The highest BCUT2D eigenvalue weighted by Gasteiger charge is 2.15. The zero-order valence-corrected chi connectivity index (χ0v) is 5.27. The van der Waals surface area contributed by atoms with Crippen LogP contribution in [-0.2, 0) is 0 Å². The number of carbonyl (C=O) groups excluding carboxylic acids is 1. The lowest BCUT2D eigenvalue weighted by Gasteiger charge is -2.13. The summed E-state index contributed by atoms with van der Waals surface area (Å²) in [5.74, 6) is 0.791. The van der Waals surface area contributed by atoms with Crippen LogP contribution in [-0.4, -0.2) is 17.6 Å². The van der Waals surface area contributed by atoms with Crippen LogP contribution >= 0.6 is 0 Å². The van der Waals surface area contributed by atoms with Gasteiger partial charge >= 0.3 is 0 Å². The fourth-order valence-corrected chi connectivity index (χ4v) is 1.01. The first-order valence-corrected chi connectivity index (χ1v) is 3.07. The monoisotopic (exact) mass is 137 g/mol. The summed E-state index contributed by atoms with van der Waals surface area (Å²) in [5, 5.41) is 5.64. The topological polar surface area (TPSA) is 56.9 Å². The second-order valence-electron chi connectivity index (χ2n) is 2.13. The minimum Gasteiger partial charge on any atom is -0.354 e. The van der Waals surface area contributed by atoms with E-state index in [1.807, 2.05) is 0 Å². The first-order chi connectivity index (χ1) is 4.88. The molecule has 1 aliphatic heterocycles. The molecule has 0 fully saturated rings. The lowest BCUT2D eigenvalue weighted by Crippen LogP contribution is -2.34. The second-order valence-corrected chi connectivity index (χ2v) is 2.13. The molecule has 10 heavy (non-hydrogen) atoms. The third-order valence-electron chi connectivity index (χ3n) is 1.51. The summed E-state index contributed by atoms with van der Waals surface area (Å²) in [6.07, 6.45) is 1.74. The van der Waals surface area contributed by atoms with Crippen molar-refractivity contribution in [3.05, 3.63) is 17.8 Å². The lowest BCUT2D eigenvalue weighted by atomic mass is 10.3. The Hall–Kier alpha value is -1.45. The van der Waals surface area contributed by atoms with Gasteiger partial charge in [-0.3, -0.25) is 4.79 Å². The van der Waals surface area contributed by atoms with Crippen molar-refractivity contribution in [3.63, 3.8) is 0 Å². The van der Waals surface area contributed by atoms with Crippen LogP contribution < -0.4 is 10.6 Å². The summed E-state index contributed by atoms with van der Waals surface area (Å²) in [4.78, 5) is 13.9. The normalized spacial score (nSPS) is 15.4. The van der Waals surface area contributed by atoms with Crippen molar-refractivity contribution in [1.82, 2.24) is 10.3 Å². The lowest BCUT2D eigenvalue weighted by molar-refractivity contribution is 0.0953. The quantitative estimate of drug-likeness (QED) is 0.476. The van der Waals surface area contributed by atoms with Crippen LogP contribution in [0, 0.1) is 0 Å². The molecule has 1 aromatic rings. The molecule has 4 nitrogen and oxygen atoms in total. The van der Waals surface area contributed by atoms with E-state index in [4.69, 9.17) is 0 Å². The standard InChI is InChI=1S/C6H7N3O/c10-6-4-1-2-7-5(4)8-3-9-6/h1-2,7-8H,3H2,(H,9,10). The van der Waals surface area contributed by atoms with Crippen LogP contribution in [0.15, 0.2) is 12.3 Å². The van der Waals surface area contributed by atoms with Gasteiger partial charge in [0.15, 0.2) is 0 Å². The SMILES string of the molecule is O=C1NCNc2[nH]ccc21. The van der Waals surface area contributed by atoms with Gasteiger partial charge in [-0.2, -0.15) is 0 Å². The molecule has 2 heterocycles. The number of nitrogens with one attached hydrogen (secondary N) is 3. The van der Waals surface area contributed by atoms with Gasteiger partial charge in [0.1, 0.15) is 5.82 Å². The highest BCUT2D eigenvalue weighted by Crippen LogP contribution is 2.14. The van der Waals surface area contributed by atoms with Crippen LogP contribution in [0.4, 0.5) is 5.82 Å². The van der Waals surface area contributed by atoms with Gasteiger partial charge in [0.05, 0.1) is 12.2 Å². The minimum absolute atomic E-state index is 0.0185. The van der Waals surface area contributed by atoms with Crippen molar-refractivity contribution in [2.24, 2.45) is 0 Å². The van der Waals surface area contributed by atoms with E-state index in [0.29, 0.717) is 12.2 Å². The first-order valence-electron chi connectivity index (χ1n) is 3.07. The molecule has 4 heteroatoms. The maximum absolute atomic E-state index is 11.0. The number of aromatic nitrogens is 1. The average molecular weight is 137 g/mol. The average Bonchev–Trinajstić information content (AvgIpc) is 2.36. The van der Waals surface area contributed by atoms with Gasteiger partial charge in [-0.05, 0) is 6.07 Å². The summed E-state index contributed by atoms with van der Waals surface area (Å²) in [6.45, 7) is 0.506. The molecule has 0 spiro atoms. The largest absolute Gasteiger partial charge is 0.354 e. The van der Waals surface area contributed by atoms with Crippen molar-refractivity contribution in [3.8, 4) is 0 Å². The van der Waals surface area contributed by atoms with Gasteiger partial charge in [-0.15, -0.1) is 0 Å². The van der Waals surface area contributed by atoms with Crippen molar-refractivity contribution < 1.29 is 4.79 Å². The number of hydrogen-bond acceptors (Lipinski definition) is 2. The molecule has 0 saturated heterocycles. The summed E-state index contributed by atoms with van der Waals surface area (Å²) in [5.41, 5.74) is 0.686. The Bertz CT molecular complexity index is 266. The number of anilines is 1. The minimum atomic E-state index is -0.0185. The Labute approximate surface area is 57.6 Å².